The van der Waals surface area contributed by atoms with Gasteiger partial charge in [-0.1, -0.05) is 17.4 Å². The number of amides is 1. The Morgan fingerprint density at radius 1 is 1.26 bits per heavy atom. The number of ketones is 1. The molecule has 1 amide bonds. The molecule has 0 bridgehead atoms. The van der Waals surface area contributed by atoms with Crippen LogP contribution in [-0.4, -0.2) is 66.9 Å². The van der Waals surface area contributed by atoms with Gasteiger partial charge in [0.2, 0.25) is 21.7 Å². The summed E-state index contributed by atoms with van der Waals surface area (Å²) in [4.78, 5) is 27.7. The number of nitrogens with one attached hydrogen (secondary N) is 2. The van der Waals surface area contributed by atoms with E-state index in [0.29, 0.717) is 44.0 Å². The monoisotopic (exact) mass is 530 g/mol. The van der Waals surface area contributed by atoms with E-state index in [1.807, 2.05) is 0 Å². The molecule has 14 heteroatoms. The second kappa shape index (κ2) is 11.4. The Hall–Kier alpha value is -2.68. The first-order chi connectivity index (χ1) is 16.5. The van der Waals surface area contributed by atoms with E-state index >= 15 is 0 Å². The highest BCUT2D eigenvalue weighted by atomic mass is 32.2. The standard InChI is InChI=1S/C21H28F2N6O4S2/c1-12(20(25)31)26-8-3-11-35(32,33)29-9-6-13(7-10-29)27-21-28-19(24)18(34-21)17(30)16-14(22)4-2-5-15(16)23/h2,4-5,12-13,26H,3,6-11,24H2,1H3,(H2,25,31)(H,27,28)/t12-/m0/s1. The fourth-order valence-electron chi connectivity index (χ4n) is 3.64. The summed E-state index contributed by atoms with van der Waals surface area (Å²) in [5.74, 6) is -3.54. The molecule has 2 heterocycles. The summed E-state index contributed by atoms with van der Waals surface area (Å²) < 4.78 is 54.6. The van der Waals surface area contributed by atoms with Gasteiger partial charge in [-0.25, -0.2) is 26.5 Å². The summed E-state index contributed by atoms with van der Waals surface area (Å²) in [6, 6.07) is 2.51. The molecule has 1 aliphatic rings. The van der Waals surface area contributed by atoms with E-state index in [1.165, 1.54) is 10.4 Å². The number of halogens is 2. The zero-order chi connectivity index (χ0) is 25.8. The van der Waals surface area contributed by atoms with Gasteiger partial charge < -0.3 is 22.1 Å². The smallest absolute Gasteiger partial charge is 0.234 e. The molecule has 0 aliphatic carbocycles. The molecule has 6 N–H and O–H groups in total. The number of hydrogen-bond donors (Lipinski definition) is 4. The van der Waals surface area contributed by atoms with Crippen LogP contribution in [-0.2, 0) is 14.8 Å². The van der Waals surface area contributed by atoms with E-state index in [4.69, 9.17) is 11.5 Å². The first-order valence-corrected chi connectivity index (χ1v) is 13.4. The maximum atomic E-state index is 14.0. The molecule has 35 heavy (non-hydrogen) atoms. The predicted octanol–water partition coefficient (Wildman–Crippen LogP) is 1.29. The first kappa shape index (κ1) is 26.9. The van der Waals surface area contributed by atoms with Crippen molar-refractivity contribution in [3.63, 3.8) is 0 Å². The molecule has 10 nitrogen and oxygen atoms in total. The van der Waals surface area contributed by atoms with Crippen LogP contribution in [0.2, 0.25) is 0 Å². The number of nitrogen functional groups attached to an aromatic ring is 1. The van der Waals surface area contributed by atoms with Gasteiger partial charge in [0, 0.05) is 19.1 Å². The van der Waals surface area contributed by atoms with E-state index in [0.717, 1.165) is 23.5 Å². The summed E-state index contributed by atoms with van der Waals surface area (Å²) in [5.41, 5.74) is 10.3. The highest BCUT2D eigenvalue weighted by Crippen LogP contribution is 2.30. The number of carbonyl (C=O) groups is 2. The van der Waals surface area contributed by atoms with E-state index in [1.54, 1.807) is 6.92 Å². The summed E-state index contributed by atoms with van der Waals surface area (Å²) in [7, 11) is -3.45. The van der Waals surface area contributed by atoms with Gasteiger partial charge in [0.1, 0.15) is 22.3 Å². The van der Waals surface area contributed by atoms with E-state index in [-0.39, 0.29) is 22.5 Å². The molecule has 1 atom stereocenters. The lowest BCUT2D eigenvalue weighted by molar-refractivity contribution is -0.119. The highest BCUT2D eigenvalue weighted by molar-refractivity contribution is 7.89. The SMILES string of the molecule is C[C@H](NCCCS(=O)(=O)N1CCC(Nc2nc(N)c(C(=O)c3c(F)cccc3F)s2)CC1)C(N)=O. The van der Waals surface area contributed by atoms with Crippen molar-refractivity contribution in [2.45, 2.75) is 38.3 Å². The van der Waals surface area contributed by atoms with Gasteiger partial charge >= 0.3 is 0 Å². The molecule has 1 fully saturated rings. The van der Waals surface area contributed by atoms with Crippen molar-refractivity contribution < 1.29 is 26.8 Å². The van der Waals surface area contributed by atoms with Crippen LogP contribution in [0.1, 0.15) is 41.4 Å². The van der Waals surface area contributed by atoms with E-state index in [9.17, 15) is 26.8 Å². The fraction of sp³-hybridized carbons (Fsp3) is 0.476. The Labute approximate surface area is 206 Å². The van der Waals surface area contributed by atoms with Gasteiger partial charge in [-0.3, -0.25) is 9.59 Å². The maximum absolute atomic E-state index is 14.0. The Balaban J connectivity index is 1.53. The summed E-state index contributed by atoms with van der Waals surface area (Å²) in [6.45, 7) is 2.57. The molecule has 2 aromatic rings. The molecule has 1 aromatic carbocycles. The zero-order valence-electron chi connectivity index (χ0n) is 19.1. The Bertz CT molecular complexity index is 1160. The van der Waals surface area contributed by atoms with Crippen LogP contribution < -0.4 is 22.1 Å². The number of aromatic nitrogens is 1. The molecule has 1 aliphatic heterocycles. The molecule has 0 radical (unpaired) electrons. The largest absolute Gasteiger partial charge is 0.382 e. The Morgan fingerprint density at radius 3 is 2.49 bits per heavy atom. The second-order valence-electron chi connectivity index (χ2n) is 8.22. The number of hydrogen-bond acceptors (Lipinski definition) is 9. The van der Waals surface area contributed by atoms with Crippen molar-refractivity contribution in [3.05, 3.63) is 40.3 Å². The van der Waals surface area contributed by atoms with Crippen LogP contribution in [0.3, 0.4) is 0 Å². The Kier molecular flexibility index (Phi) is 8.74. The van der Waals surface area contributed by atoms with Crippen LogP contribution in [0, 0.1) is 11.6 Å². The summed E-state index contributed by atoms with van der Waals surface area (Å²) in [6.07, 6.45) is 1.34. The van der Waals surface area contributed by atoms with Crippen molar-refractivity contribution in [1.29, 1.82) is 0 Å². The minimum atomic E-state index is -3.45. The molecule has 1 aromatic heterocycles. The highest BCUT2D eigenvalue weighted by Gasteiger charge is 2.29. The summed E-state index contributed by atoms with van der Waals surface area (Å²) >= 11 is 0.896. The number of thiazole rings is 1. The number of carbonyl (C=O) groups excluding carboxylic acids is 2. The minimum Gasteiger partial charge on any atom is -0.382 e. The topological polar surface area (TPSA) is 161 Å². The first-order valence-electron chi connectivity index (χ1n) is 11.0. The number of anilines is 2. The molecule has 3 rings (SSSR count). The van der Waals surface area contributed by atoms with E-state index in [2.05, 4.69) is 15.6 Å². The number of piperidine rings is 1. The van der Waals surface area contributed by atoms with Gasteiger partial charge in [0.25, 0.3) is 0 Å². The average Bonchev–Trinajstić information content (AvgIpc) is 3.16. The normalized spacial score (nSPS) is 16.2. The molecule has 0 spiro atoms. The third-order valence-electron chi connectivity index (χ3n) is 5.68. The van der Waals surface area contributed by atoms with Crippen molar-refractivity contribution in [1.82, 2.24) is 14.6 Å². The quantitative estimate of drug-likeness (QED) is 0.250. The van der Waals surface area contributed by atoms with Gasteiger partial charge in [-0.2, -0.15) is 0 Å². The average molecular weight is 531 g/mol. The number of nitrogens with two attached hydrogens (primary N) is 2. The Morgan fingerprint density at radius 2 is 1.89 bits per heavy atom. The van der Waals surface area contributed by atoms with Gasteiger partial charge in [0.05, 0.1) is 17.4 Å². The van der Waals surface area contributed by atoms with Crippen molar-refractivity contribution in [2.24, 2.45) is 5.73 Å². The lowest BCUT2D eigenvalue weighted by Crippen LogP contribution is -2.44. The van der Waals surface area contributed by atoms with Crippen LogP contribution in [0.5, 0.6) is 0 Å². The molecule has 192 valence electrons. The summed E-state index contributed by atoms with van der Waals surface area (Å²) in [5, 5.41) is 6.33. The molecule has 0 saturated carbocycles. The zero-order valence-corrected chi connectivity index (χ0v) is 20.7. The van der Waals surface area contributed by atoms with Gasteiger partial charge in [-0.15, -0.1) is 0 Å². The van der Waals surface area contributed by atoms with Gasteiger partial charge in [-0.05, 0) is 44.9 Å². The number of primary amides is 1. The van der Waals surface area contributed by atoms with Gasteiger partial charge in [0.15, 0.2) is 5.13 Å². The number of nitrogens with zero attached hydrogens (tertiary/aromatic N) is 2. The molecular weight excluding hydrogens is 502 g/mol. The number of rotatable bonds is 11. The third kappa shape index (κ3) is 6.72. The second-order valence-corrected chi connectivity index (χ2v) is 11.3. The van der Waals surface area contributed by atoms with Crippen LogP contribution >= 0.6 is 11.3 Å². The molecule has 1 saturated heterocycles. The van der Waals surface area contributed by atoms with Crippen LogP contribution in [0.15, 0.2) is 18.2 Å². The lowest BCUT2D eigenvalue weighted by Gasteiger charge is -2.31. The lowest BCUT2D eigenvalue weighted by atomic mass is 10.1. The molecular formula is C21H28F2N6O4S2. The number of benzene rings is 1. The molecule has 0 unspecified atom stereocenters. The fourth-order valence-corrected chi connectivity index (χ4v) is 6.08. The minimum absolute atomic E-state index is 0.0509. The predicted molar refractivity (Wildman–Crippen MR) is 130 cm³/mol. The van der Waals surface area contributed by atoms with Crippen LogP contribution in [0.4, 0.5) is 19.7 Å². The van der Waals surface area contributed by atoms with Crippen molar-refractivity contribution in [3.8, 4) is 0 Å². The maximum Gasteiger partial charge on any atom is 0.234 e. The number of sulfonamides is 1. The van der Waals surface area contributed by atoms with Crippen LogP contribution in [0.25, 0.3) is 0 Å². The van der Waals surface area contributed by atoms with Crippen molar-refractivity contribution >= 4 is 44.0 Å². The van der Waals surface area contributed by atoms with Crippen molar-refractivity contribution in [2.75, 3.05) is 36.4 Å². The van der Waals surface area contributed by atoms with E-state index < -0.39 is 45.0 Å². The third-order valence-corrected chi connectivity index (χ3v) is 8.64.